The van der Waals surface area contributed by atoms with Gasteiger partial charge in [-0.2, -0.15) is 0 Å². The van der Waals surface area contributed by atoms with Crippen LogP contribution in [0.25, 0.3) is 0 Å². The van der Waals surface area contributed by atoms with Gasteiger partial charge >= 0.3 is 6.09 Å². The molecule has 0 spiro atoms. The summed E-state index contributed by atoms with van der Waals surface area (Å²) < 4.78 is 16.7. The number of carbonyl (C=O) groups excluding carboxylic acids is 1. The molecule has 164 valence electrons. The Bertz CT molecular complexity index is 631. The molecule has 0 aliphatic carbocycles. The van der Waals surface area contributed by atoms with Crippen molar-refractivity contribution in [2.24, 2.45) is 10.9 Å². The van der Waals surface area contributed by atoms with Gasteiger partial charge in [0.15, 0.2) is 5.84 Å². The van der Waals surface area contributed by atoms with Gasteiger partial charge in [-0.1, -0.05) is 35.5 Å². The Kier molecular flexibility index (Phi) is 10.5. The number of hydrogen-bond donors (Lipinski definition) is 2. The molecular formula is C21H35N3O5. The Morgan fingerprint density at radius 3 is 2.41 bits per heavy atom. The fourth-order valence-electron chi connectivity index (χ4n) is 2.82. The quantitative estimate of drug-likeness (QED) is 0.251. The van der Waals surface area contributed by atoms with Gasteiger partial charge in [0, 0.05) is 13.7 Å². The molecule has 3 N–H and O–H groups in total. The largest absolute Gasteiger partial charge is 0.444 e. The Morgan fingerprint density at radius 1 is 1.24 bits per heavy atom. The number of hydrogen-bond acceptors (Lipinski definition) is 6. The van der Waals surface area contributed by atoms with Crippen molar-refractivity contribution in [1.82, 2.24) is 4.90 Å². The first-order valence-electron chi connectivity index (χ1n) is 9.83. The molecule has 29 heavy (non-hydrogen) atoms. The highest BCUT2D eigenvalue weighted by molar-refractivity contribution is 5.88. The minimum absolute atomic E-state index is 0.0437. The van der Waals surface area contributed by atoms with E-state index in [-0.39, 0.29) is 11.9 Å². The van der Waals surface area contributed by atoms with Crippen LogP contribution in [0.1, 0.15) is 46.1 Å². The third-order valence-corrected chi connectivity index (χ3v) is 4.31. The lowest BCUT2D eigenvalue weighted by Gasteiger charge is -2.32. The van der Waals surface area contributed by atoms with Gasteiger partial charge in [0.1, 0.15) is 5.60 Å². The summed E-state index contributed by atoms with van der Waals surface area (Å²) in [5.41, 5.74) is 6.32. The van der Waals surface area contributed by atoms with Gasteiger partial charge in [0.05, 0.1) is 25.4 Å². The Hall–Kier alpha value is -2.32. The van der Waals surface area contributed by atoms with Crippen LogP contribution in [0.3, 0.4) is 0 Å². The fourth-order valence-corrected chi connectivity index (χ4v) is 2.82. The molecule has 0 saturated carbocycles. The highest BCUT2D eigenvalue weighted by Gasteiger charge is 2.30. The molecule has 0 fully saturated rings. The molecule has 0 saturated heterocycles. The number of amides is 1. The van der Waals surface area contributed by atoms with E-state index in [0.717, 1.165) is 5.56 Å². The maximum Gasteiger partial charge on any atom is 0.410 e. The van der Waals surface area contributed by atoms with Crippen molar-refractivity contribution in [3.8, 4) is 0 Å². The third-order valence-electron chi connectivity index (χ3n) is 4.31. The first kappa shape index (κ1) is 24.7. The summed E-state index contributed by atoms with van der Waals surface area (Å²) in [6.45, 7) is 8.44. The maximum absolute atomic E-state index is 12.6. The van der Waals surface area contributed by atoms with Crippen LogP contribution in [0.5, 0.6) is 0 Å². The van der Waals surface area contributed by atoms with Crippen LogP contribution in [-0.4, -0.2) is 60.0 Å². The van der Waals surface area contributed by atoms with E-state index in [4.69, 9.17) is 19.9 Å². The first-order valence-corrected chi connectivity index (χ1v) is 9.83. The van der Waals surface area contributed by atoms with Gasteiger partial charge in [-0.05, 0) is 46.1 Å². The van der Waals surface area contributed by atoms with E-state index in [0.29, 0.717) is 32.6 Å². The standard InChI is InChI=1S/C21H35N3O5/c1-6-24(20(25)29-21(2,3)4)18(19(22)23-26)13-12-17(27-5)15-28-14-16-10-8-7-9-11-16/h7-11,17-18,26H,6,12-15H2,1-5H3,(H2,22,23)/t17-,18?/m0/s1. The van der Waals surface area contributed by atoms with Crippen molar-refractivity contribution in [2.45, 2.75) is 64.9 Å². The van der Waals surface area contributed by atoms with E-state index in [2.05, 4.69) is 5.16 Å². The minimum Gasteiger partial charge on any atom is -0.444 e. The maximum atomic E-state index is 12.6. The lowest BCUT2D eigenvalue weighted by atomic mass is 10.1. The van der Waals surface area contributed by atoms with E-state index in [9.17, 15) is 10.0 Å². The highest BCUT2D eigenvalue weighted by atomic mass is 16.6. The summed E-state index contributed by atoms with van der Waals surface area (Å²) in [6.07, 6.45) is 0.303. The van der Waals surface area contributed by atoms with Crippen molar-refractivity contribution in [3.05, 3.63) is 35.9 Å². The van der Waals surface area contributed by atoms with E-state index >= 15 is 0 Å². The molecule has 1 unspecified atom stereocenters. The second-order valence-corrected chi connectivity index (χ2v) is 7.74. The topological polar surface area (TPSA) is 107 Å². The van der Waals surface area contributed by atoms with Gasteiger partial charge in [0.25, 0.3) is 0 Å². The zero-order chi connectivity index (χ0) is 21.9. The van der Waals surface area contributed by atoms with E-state index in [1.165, 1.54) is 4.90 Å². The monoisotopic (exact) mass is 409 g/mol. The number of rotatable bonds is 11. The Morgan fingerprint density at radius 2 is 1.90 bits per heavy atom. The molecule has 1 rings (SSSR count). The van der Waals surface area contributed by atoms with Gasteiger partial charge < -0.3 is 25.2 Å². The molecule has 1 aromatic rings. The molecule has 0 aromatic heterocycles. The lowest BCUT2D eigenvalue weighted by Crippen LogP contribution is -2.50. The van der Waals surface area contributed by atoms with Crippen molar-refractivity contribution in [3.63, 3.8) is 0 Å². The second-order valence-electron chi connectivity index (χ2n) is 7.74. The van der Waals surface area contributed by atoms with Crippen LogP contribution >= 0.6 is 0 Å². The molecule has 0 bridgehead atoms. The van der Waals surface area contributed by atoms with Crippen molar-refractivity contribution >= 4 is 11.9 Å². The van der Waals surface area contributed by atoms with E-state index in [1.807, 2.05) is 37.3 Å². The van der Waals surface area contributed by atoms with E-state index in [1.54, 1.807) is 27.9 Å². The van der Waals surface area contributed by atoms with Crippen LogP contribution in [-0.2, 0) is 20.8 Å². The number of carbonyl (C=O) groups is 1. The molecule has 1 aromatic carbocycles. The number of methoxy groups -OCH3 is 1. The Balaban J connectivity index is 2.69. The molecule has 0 radical (unpaired) electrons. The van der Waals surface area contributed by atoms with Gasteiger partial charge in [-0.25, -0.2) is 4.79 Å². The molecule has 0 aliphatic heterocycles. The van der Waals surface area contributed by atoms with Crippen LogP contribution in [0.2, 0.25) is 0 Å². The number of benzene rings is 1. The molecule has 8 nitrogen and oxygen atoms in total. The fraction of sp³-hybridized carbons (Fsp3) is 0.619. The summed E-state index contributed by atoms with van der Waals surface area (Å²) >= 11 is 0. The number of amidine groups is 1. The number of oxime groups is 1. The molecule has 0 heterocycles. The Labute approximate surface area is 173 Å². The zero-order valence-corrected chi connectivity index (χ0v) is 18.1. The first-order chi connectivity index (χ1) is 13.7. The van der Waals surface area contributed by atoms with Gasteiger partial charge in [0.2, 0.25) is 0 Å². The van der Waals surface area contributed by atoms with E-state index < -0.39 is 17.7 Å². The van der Waals surface area contributed by atoms with Crippen LogP contribution in [0.15, 0.2) is 35.5 Å². The molecular weight excluding hydrogens is 374 g/mol. The van der Waals surface area contributed by atoms with Gasteiger partial charge in [-0.15, -0.1) is 0 Å². The number of ether oxygens (including phenoxy) is 3. The van der Waals surface area contributed by atoms with Crippen LogP contribution in [0, 0.1) is 0 Å². The number of nitrogens with zero attached hydrogens (tertiary/aromatic N) is 2. The van der Waals surface area contributed by atoms with Gasteiger partial charge in [-0.3, -0.25) is 4.90 Å². The summed E-state index contributed by atoms with van der Waals surface area (Å²) in [7, 11) is 1.61. The van der Waals surface area contributed by atoms with Crippen LogP contribution < -0.4 is 5.73 Å². The molecule has 8 heteroatoms. The number of nitrogens with two attached hydrogens (primary N) is 1. The zero-order valence-electron chi connectivity index (χ0n) is 18.1. The summed E-state index contributed by atoms with van der Waals surface area (Å²) in [5, 5.41) is 12.3. The minimum atomic E-state index is -0.638. The predicted octanol–water partition coefficient (Wildman–Crippen LogP) is 3.37. The second kappa shape index (κ2) is 12.3. The summed E-state index contributed by atoms with van der Waals surface area (Å²) in [6, 6.07) is 9.27. The summed E-state index contributed by atoms with van der Waals surface area (Å²) in [4.78, 5) is 14.0. The smallest absolute Gasteiger partial charge is 0.410 e. The predicted molar refractivity (Wildman–Crippen MR) is 112 cm³/mol. The molecule has 0 aliphatic rings. The summed E-state index contributed by atoms with van der Waals surface area (Å²) in [5.74, 6) is -0.0437. The molecule has 2 atom stereocenters. The SMILES string of the molecule is CCN(C(=O)OC(C)(C)C)C(CC[C@@H](COCc1ccccc1)OC)/C(N)=N/O. The number of likely N-dealkylation sites (N-methyl/N-ethyl adjacent to an activating group) is 1. The average Bonchev–Trinajstić information content (AvgIpc) is 2.68. The van der Waals surface area contributed by atoms with Crippen molar-refractivity contribution in [1.29, 1.82) is 0 Å². The van der Waals surface area contributed by atoms with Crippen molar-refractivity contribution in [2.75, 3.05) is 20.3 Å². The average molecular weight is 410 g/mol. The van der Waals surface area contributed by atoms with Crippen LogP contribution in [0.4, 0.5) is 4.79 Å². The highest BCUT2D eigenvalue weighted by Crippen LogP contribution is 2.17. The molecule has 1 amide bonds. The lowest BCUT2D eigenvalue weighted by molar-refractivity contribution is -0.00709. The normalized spacial score (nSPS) is 14.3. The third kappa shape index (κ3) is 9.15. The van der Waals surface area contributed by atoms with Crippen molar-refractivity contribution < 1.29 is 24.2 Å².